The van der Waals surface area contributed by atoms with Crippen LogP contribution in [-0.2, 0) is 31.0 Å². The average molecular weight is 355 g/mol. The fraction of sp³-hybridized carbons (Fsp3) is 0.600. The summed E-state index contributed by atoms with van der Waals surface area (Å²) in [5, 5.41) is 7.52. The van der Waals surface area contributed by atoms with Crippen LogP contribution in [0.3, 0.4) is 0 Å². The third-order valence-electron chi connectivity index (χ3n) is 5.46. The molecule has 140 valence electrons. The maximum atomic E-state index is 12.4. The SMILES string of the molecule is CCn1cc(CN2Cc3cccn3C[C@H](CC(=O)NCC3CC3)C2)cn1. The van der Waals surface area contributed by atoms with Crippen LogP contribution in [0.5, 0.6) is 0 Å². The Bertz CT molecular complexity index is 745. The molecule has 0 bridgehead atoms. The van der Waals surface area contributed by atoms with E-state index in [1.165, 1.54) is 24.1 Å². The first-order valence-corrected chi connectivity index (χ1v) is 9.84. The molecule has 1 aliphatic carbocycles. The maximum Gasteiger partial charge on any atom is 0.220 e. The Morgan fingerprint density at radius 3 is 2.96 bits per heavy atom. The lowest BCUT2D eigenvalue weighted by molar-refractivity contribution is -0.122. The van der Waals surface area contributed by atoms with Gasteiger partial charge in [-0.1, -0.05) is 0 Å². The third-order valence-corrected chi connectivity index (χ3v) is 5.46. The second-order valence-electron chi connectivity index (χ2n) is 7.84. The van der Waals surface area contributed by atoms with E-state index in [4.69, 9.17) is 0 Å². The van der Waals surface area contributed by atoms with E-state index in [0.717, 1.165) is 45.2 Å². The van der Waals surface area contributed by atoms with Gasteiger partial charge in [-0.25, -0.2) is 0 Å². The quantitative estimate of drug-likeness (QED) is 0.829. The smallest absolute Gasteiger partial charge is 0.220 e. The van der Waals surface area contributed by atoms with Gasteiger partial charge in [0, 0.05) is 69.3 Å². The summed E-state index contributed by atoms with van der Waals surface area (Å²) >= 11 is 0. The monoisotopic (exact) mass is 355 g/mol. The number of aromatic nitrogens is 3. The zero-order valence-corrected chi connectivity index (χ0v) is 15.6. The number of rotatable bonds is 7. The van der Waals surface area contributed by atoms with Gasteiger partial charge >= 0.3 is 0 Å². The number of hydrogen-bond acceptors (Lipinski definition) is 3. The molecule has 2 aromatic rings. The van der Waals surface area contributed by atoms with Crippen LogP contribution in [0.2, 0.25) is 0 Å². The molecule has 3 heterocycles. The molecule has 0 spiro atoms. The molecule has 2 aliphatic rings. The van der Waals surface area contributed by atoms with E-state index in [1.807, 2.05) is 10.9 Å². The average Bonchev–Trinajstić information content (AvgIpc) is 3.24. The van der Waals surface area contributed by atoms with Gasteiger partial charge in [0.15, 0.2) is 0 Å². The Kier molecular flexibility index (Phi) is 5.11. The van der Waals surface area contributed by atoms with Crippen LogP contribution in [0.1, 0.15) is 37.4 Å². The van der Waals surface area contributed by atoms with Crippen LogP contribution in [-0.4, -0.2) is 38.2 Å². The first-order valence-electron chi connectivity index (χ1n) is 9.84. The highest BCUT2D eigenvalue weighted by Crippen LogP contribution is 2.27. The summed E-state index contributed by atoms with van der Waals surface area (Å²) in [6.07, 6.45) is 9.38. The molecule has 0 unspecified atom stereocenters. The number of nitrogens with one attached hydrogen (secondary N) is 1. The lowest BCUT2D eigenvalue weighted by Gasteiger charge is -2.23. The molecule has 6 nitrogen and oxygen atoms in total. The summed E-state index contributed by atoms with van der Waals surface area (Å²) in [6.45, 7) is 7.52. The highest BCUT2D eigenvalue weighted by Gasteiger charge is 2.25. The molecular formula is C20H29N5O. The number of nitrogens with zero attached hydrogens (tertiary/aromatic N) is 4. The van der Waals surface area contributed by atoms with E-state index >= 15 is 0 Å². The van der Waals surface area contributed by atoms with E-state index < -0.39 is 0 Å². The summed E-state index contributed by atoms with van der Waals surface area (Å²) in [7, 11) is 0. The highest BCUT2D eigenvalue weighted by molar-refractivity contribution is 5.76. The first-order chi connectivity index (χ1) is 12.7. The molecule has 1 fully saturated rings. The molecule has 2 aromatic heterocycles. The van der Waals surface area contributed by atoms with Crippen molar-refractivity contribution in [2.24, 2.45) is 11.8 Å². The van der Waals surface area contributed by atoms with Gasteiger partial charge in [0.2, 0.25) is 5.91 Å². The predicted molar refractivity (Wildman–Crippen MR) is 100 cm³/mol. The van der Waals surface area contributed by atoms with Crippen molar-refractivity contribution in [2.75, 3.05) is 13.1 Å². The fourth-order valence-corrected chi connectivity index (χ4v) is 3.85. The van der Waals surface area contributed by atoms with Crippen molar-refractivity contribution in [3.63, 3.8) is 0 Å². The molecule has 0 saturated heterocycles. The number of amides is 1. The number of fused-ring (bicyclic) bond motifs is 1. The standard InChI is InChI=1S/C20H29N5O/c1-2-25-14-18(10-22-25)12-23-11-17(8-20(26)21-9-16-5-6-16)13-24-7-3-4-19(24)15-23/h3-4,7,10,14,16-17H,2,5-6,8-9,11-13,15H2,1H3,(H,21,26)/t17-/m1/s1. The van der Waals surface area contributed by atoms with Gasteiger partial charge in [0.05, 0.1) is 6.20 Å². The van der Waals surface area contributed by atoms with Crippen LogP contribution in [0.15, 0.2) is 30.7 Å². The van der Waals surface area contributed by atoms with E-state index in [1.54, 1.807) is 0 Å². The molecular weight excluding hydrogens is 326 g/mol. The zero-order valence-electron chi connectivity index (χ0n) is 15.6. The van der Waals surface area contributed by atoms with E-state index in [2.05, 4.69) is 51.3 Å². The van der Waals surface area contributed by atoms with Crippen molar-refractivity contribution in [1.29, 1.82) is 0 Å². The van der Waals surface area contributed by atoms with Crippen molar-refractivity contribution < 1.29 is 4.79 Å². The van der Waals surface area contributed by atoms with Gasteiger partial charge in [0.25, 0.3) is 0 Å². The molecule has 1 N–H and O–H groups in total. The number of carbonyl (C=O) groups excluding carboxylic acids is 1. The van der Waals surface area contributed by atoms with Crippen molar-refractivity contribution >= 4 is 5.91 Å². The molecule has 4 rings (SSSR count). The van der Waals surface area contributed by atoms with Gasteiger partial charge in [-0.05, 0) is 43.7 Å². The molecule has 0 aromatic carbocycles. The number of aryl methyl sites for hydroxylation is 1. The Hall–Kier alpha value is -2.08. The molecule has 1 atom stereocenters. The van der Waals surface area contributed by atoms with Gasteiger partial charge in [-0.15, -0.1) is 0 Å². The normalized spacial score (nSPS) is 20.6. The third kappa shape index (κ3) is 4.36. The Morgan fingerprint density at radius 1 is 1.31 bits per heavy atom. The van der Waals surface area contributed by atoms with Gasteiger partial charge in [-0.3, -0.25) is 14.4 Å². The van der Waals surface area contributed by atoms with Crippen LogP contribution in [0.4, 0.5) is 0 Å². The highest BCUT2D eigenvalue weighted by atomic mass is 16.1. The Labute approximate surface area is 155 Å². The van der Waals surface area contributed by atoms with Crippen molar-refractivity contribution in [3.8, 4) is 0 Å². The molecule has 1 aliphatic heterocycles. The van der Waals surface area contributed by atoms with Gasteiger partial charge in [-0.2, -0.15) is 5.10 Å². The van der Waals surface area contributed by atoms with Gasteiger partial charge in [0.1, 0.15) is 0 Å². The summed E-state index contributed by atoms with van der Waals surface area (Å²) in [6, 6.07) is 4.30. The Morgan fingerprint density at radius 2 is 2.19 bits per heavy atom. The lowest BCUT2D eigenvalue weighted by Crippen LogP contribution is -2.33. The fourth-order valence-electron chi connectivity index (χ4n) is 3.85. The topological polar surface area (TPSA) is 55.1 Å². The zero-order chi connectivity index (χ0) is 17.9. The summed E-state index contributed by atoms with van der Waals surface area (Å²) < 4.78 is 4.28. The van der Waals surface area contributed by atoms with E-state index in [0.29, 0.717) is 12.3 Å². The van der Waals surface area contributed by atoms with Crippen molar-refractivity contribution in [2.45, 2.75) is 52.4 Å². The van der Waals surface area contributed by atoms with Crippen LogP contribution < -0.4 is 5.32 Å². The molecule has 26 heavy (non-hydrogen) atoms. The molecule has 6 heteroatoms. The maximum absolute atomic E-state index is 12.4. The van der Waals surface area contributed by atoms with E-state index in [-0.39, 0.29) is 5.91 Å². The summed E-state index contributed by atoms with van der Waals surface area (Å²) in [4.78, 5) is 14.8. The second-order valence-corrected chi connectivity index (χ2v) is 7.84. The van der Waals surface area contributed by atoms with Gasteiger partial charge < -0.3 is 9.88 Å². The van der Waals surface area contributed by atoms with Crippen LogP contribution in [0, 0.1) is 11.8 Å². The second kappa shape index (κ2) is 7.66. The minimum atomic E-state index is 0.205. The Balaban J connectivity index is 1.41. The van der Waals surface area contributed by atoms with Crippen LogP contribution >= 0.6 is 0 Å². The van der Waals surface area contributed by atoms with Crippen LogP contribution in [0.25, 0.3) is 0 Å². The van der Waals surface area contributed by atoms with E-state index in [9.17, 15) is 4.79 Å². The number of hydrogen-bond donors (Lipinski definition) is 1. The summed E-state index contributed by atoms with van der Waals surface area (Å²) in [5.41, 5.74) is 2.57. The minimum absolute atomic E-state index is 0.205. The number of carbonyl (C=O) groups is 1. The lowest BCUT2D eigenvalue weighted by atomic mass is 10.0. The predicted octanol–water partition coefficient (Wildman–Crippen LogP) is 2.25. The minimum Gasteiger partial charge on any atom is -0.356 e. The molecule has 1 saturated carbocycles. The summed E-state index contributed by atoms with van der Waals surface area (Å²) in [5.74, 6) is 1.27. The molecule has 1 amide bonds. The largest absolute Gasteiger partial charge is 0.356 e. The van der Waals surface area contributed by atoms with Crippen molar-refractivity contribution in [3.05, 3.63) is 42.0 Å². The van der Waals surface area contributed by atoms with Crippen molar-refractivity contribution in [1.82, 2.24) is 24.6 Å². The first kappa shape index (κ1) is 17.3. The molecule has 0 radical (unpaired) electrons.